The number of nitrogens with zero attached hydrogens (tertiary/aromatic N) is 8. The average Bonchev–Trinajstić information content (AvgIpc) is 3.24. The second-order valence-corrected chi connectivity index (χ2v) is 5.60. The fourth-order valence-electron chi connectivity index (χ4n) is 2.57. The summed E-state index contributed by atoms with van der Waals surface area (Å²) in [5.74, 6) is 0.375. The molecule has 4 heterocycles. The average molecular weight is 327 g/mol. The van der Waals surface area contributed by atoms with Crippen LogP contribution in [0.25, 0.3) is 16.7 Å². The lowest BCUT2D eigenvalue weighted by Crippen LogP contribution is -2.11. The number of aryl methyl sites for hydroxylation is 1. The molecule has 0 saturated heterocycles. The van der Waals surface area contributed by atoms with Gasteiger partial charge in [-0.1, -0.05) is 6.92 Å². The highest BCUT2D eigenvalue weighted by atomic mass is 16.6. The maximum Gasteiger partial charge on any atom is 0.390 e. The second-order valence-electron chi connectivity index (χ2n) is 5.60. The lowest BCUT2D eigenvalue weighted by Gasteiger charge is -2.05. The molecule has 1 unspecified atom stereocenters. The third-order valence-corrected chi connectivity index (χ3v) is 3.85. The monoisotopic (exact) mass is 327 g/mol. The summed E-state index contributed by atoms with van der Waals surface area (Å²) in [5.41, 5.74) is 2.03. The Morgan fingerprint density at radius 1 is 1.42 bits per heavy atom. The molecule has 4 aromatic heterocycles. The first-order chi connectivity index (χ1) is 11.5. The summed E-state index contributed by atoms with van der Waals surface area (Å²) in [4.78, 5) is 19.1. The quantitative estimate of drug-likeness (QED) is 0.440. The van der Waals surface area contributed by atoms with E-state index in [1.54, 1.807) is 28.6 Å². The van der Waals surface area contributed by atoms with Crippen LogP contribution in [0.3, 0.4) is 0 Å². The van der Waals surface area contributed by atoms with E-state index < -0.39 is 4.92 Å². The molecule has 1 N–H and O–H groups in total. The first-order valence-electron chi connectivity index (χ1n) is 7.26. The van der Waals surface area contributed by atoms with Crippen molar-refractivity contribution in [2.24, 2.45) is 0 Å². The van der Waals surface area contributed by atoms with Crippen molar-refractivity contribution in [3.63, 3.8) is 0 Å². The van der Waals surface area contributed by atoms with Crippen LogP contribution in [0, 0.1) is 17.0 Å². The molecule has 11 nitrogen and oxygen atoms in total. The summed E-state index contributed by atoms with van der Waals surface area (Å²) in [6.07, 6.45) is 3.23. The van der Waals surface area contributed by atoms with E-state index >= 15 is 0 Å². The number of fused-ring (bicyclic) bond motifs is 3. The first kappa shape index (κ1) is 14.2. The molecule has 4 aromatic rings. The van der Waals surface area contributed by atoms with Gasteiger partial charge in [0.25, 0.3) is 0 Å². The van der Waals surface area contributed by atoms with Crippen LogP contribution in [-0.4, -0.2) is 44.5 Å². The molecule has 0 bridgehead atoms. The number of aromatic amines is 1. The van der Waals surface area contributed by atoms with Gasteiger partial charge >= 0.3 is 5.82 Å². The van der Waals surface area contributed by atoms with Gasteiger partial charge in [0, 0.05) is 5.92 Å². The summed E-state index contributed by atoms with van der Waals surface area (Å²) in [7, 11) is 0. The van der Waals surface area contributed by atoms with Gasteiger partial charge in [-0.15, -0.1) is 5.10 Å². The lowest BCUT2D eigenvalue weighted by molar-refractivity contribution is -0.389. The molecular weight excluding hydrogens is 314 g/mol. The molecule has 0 aliphatic rings. The highest BCUT2D eigenvalue weighted by molar-refractivity contribution is 5.87. The van der Waals surface area contributed by atoms with E-state index in [9.17, 15) is 10.1 Å². The van der Waals surface area contributed by atoms with Gasteiger partial charge < -0.3 is 10.1 Å². The zero-order valence-corrected chi connectivity index (χ0v) is 12.9. The fraction of sp³-hybridized carbons (Fsp3) is 0.308. The van der Waals surface area contributed by atoms with Crippen LogP contribution in [0.4, 0.5) is 5.82 Å². The van der Waals surface area contributed by atoms with E-state index in [1.807, 2.05) is 6.92 Å². The lowest BCUT2D eigenvalue weighted by atomic mass is 10.1. The largest absolute Gasteiger partial charge is 0.390 e. The molecule has 11 heteroatoms. The Kier molecular flexibility index (Phi) is 3.01. The predicted molar refractivity (Wildman–Crippen MR) is 82.5 cm³/mol. The molecule has 0 aliphatic carbocycles. The number of hydrogen-bond acceptors (Lipinski definition) is 7. The standard InChI is InChI=1S/C13H13N9O2/c1-7(5-20-8(2)3-10(18-20)22(23)24)11-16-13-9-4-15-17-12(9)14-6-21(13)19-11/h3-4,6-7H,5H2,1-2H3,(H,15,17). The van der Waals surface area contributed by atoms with Gasteiger partial charge in [0.2, 0.25) is 0 Å². The van der Waals surface area contributed by atoms with Crippen LogP contribution in [0.2, 0.25) is 0 Å². The van der Waals surface area contributed by atoms with E-state index in [1.165, 1.54) is 6.07 Å². The van der Waals surface area contributed by atoms with Crippen molar-refractivity contribution in [2.45, 2.75) is 26.3 Å². The Labute approximate surface area is 134 Å². The fourth-order valence-corrected chi connectivity index (χ4v) is 2.57. The highest BCUT2D eigenvalue weighted by Gasteiger charge is 2.20. The molecule has 0 radical (unpaired) electrons. The third-order valence-electron chi connectivity index (χ3n) is 3.85. The van der Waals surface area contributed by atoms with Crippen molar-refractivity contribution in [3.05, 3.63) is 40.2 Å². The normalized spacial score (nSPS) is 12.9. The summed E-state index contributed by atoms with van der Waals surface area (Å²) < 4.78 is 3.20. The Bertz CT molecular complexity index is 1060. The van der Waals surface area contributed by atoms with Crippen molar-refractivity contribution >= 4 is 22.5 Å². The zero-order valence-electron chi connectivity index (χ0n) is 12.9. The smallest absolute Gasteiger partial charge is 0.358 e. The SMILES string of the molecule is Cc1cc([N+](=O)[O-])nn1CC(C)c1nc2c3cn[nH]c3ncn2n1. The number of hydrogen-bond donors (Lipinski definition) is 1. The molecule has 4 rings (SSSR count). The van der Waals surface area contributed by atoms with Crippen LogP contribution < -0.4 is 0 Å². The summed E-state index contributed by atoms with van der Waals surface area (Å²) in [5, 5.41) is 26.8. The molecule has 1 atom stereocenters. The van der Waals surface area contributed by atoms with Crippen LogP contribution in [-0.2, 0) is 6.54 Å². The minimum atomic E-state index is -0.501. The maximum atomic E-state index is 10.8. The first-order valence-corrected chi connectivity index (χ1v) is 7.26. The molecular formula is C13H13N9O2. The van der Waals surface area contributed by atoms with Crippen LogP contribution in [0.5, 0.6) is 0 Å². The zero-order chi connectivity index (χ0) is 16.8. The molecule has 0 aromatic carbocycles. The van der Waals surface area contributed by atoms with Crippen molar-refractivity contribution in [2.75, 3.05) is 0 Å². The number of nitrogens with one attached hydrogen (secondary N) is 1. The number of aromatic nitrogens is 8. The van der Waals surface area contributed by atoms with Gasteiger partial charge in [-0.3, -0.25) is 5.10 Å². The summed E-state index contributed by atoms with van der Waals surface area (Å²) in [6.45, 7) is 4.17. The van der Waals surface area contributed by atoms with E-state index in [-0.39, 0.29) is 11.7 Å². The van der Waals surface area contributed by atoms with Crippen molar-refractivity contribution in [1.82, 2.24) is 39.6 Å². The van der Waals surface area contributed by atoms with Crippen molar-refractivity contribution in [3.8, 4) is 0 Å². The third kappa shape index (κ3) is 2.17. The molecule has 0 amide bonds. The van der Waals surface area contributed by atoms with Crippen LogP contribution in [0.15, 0.2) is 18.6 Å². The predicted octanol–water partition coefficient (Wildman–Crippen LogP) is 1.22. The van der Waals surface area contributed by atoms with E-state index in [4.69, 9.17) is 0 Å². The van der Waals surface area contributed by atoms with Gasteiger partial charge in [0.1, 0.15) is 6.33 Å². The van der Waals surface area contributed by atoms with E-state index in [2.05, 4.69) is 30.4 Å². The number of nitro groups is 1. The Hall–Kier alpha value is -3.37. The van der Waals surface area contributed by atoms with Gasteiger partial charge in [-0.05, 0) is 11.8 Å². The van der Waals surface area contributed by atoms with Crippen LogP contribution >= 0.6 is 0 Å². The van der Waals surface area contributed by atoms with Crippen LogP contribution in [0.1, 0.15) is 24.4 Å². The minimum Gasteiger partial charge on any atom is -0.358 e. The Balaban J connectivity index is 1.68. The summed E-state index contributed by atoms with van der Waals surface area (Å²) in [6, 6.07) is 1.45. The van der Waals surface area contributed by atoms with Gasteiger partial charge in [0.15, 0.2) is 17.1 Å². The topological polar surface area (TPSA) is 133 Å². The van der Waals surface area contributed by atoms with E-state index in [0.29, 0.717) is 23.7 Å². The summed E-state index contributed by atoms with van der Waals surface area (Å²) >= 11 is 0. The molecule has 0 aliphatic heterocycles. The second kappa shape index (κ2) is 5.08. The highest BCUT2D eigenvalue weighted by Crippen LogP contribution is 2.20. The van der Waals surface area contributed by atoms with Crippen molar-refractivity contribution < 1.29 is 4.92 Å². The minimum absolute atomic E-state index is 0.0787. The van der Waals surface area contributed by atoms with Crippen molar-refractivity contribution in [1.29, 1.82) is 0 Å². The molecule has 0 fully saturated rings. The maximum absolute atomic E-state index is 10.8. The Morgan fingerprint density at radius 3 is 3.00 bits per heavy atom. The number of H-pyrrole nitrogens is 1. The number of rotatable bonds is 4. The van der Waals surface area contributed by atoms with E-state index in [0.717, 1.165) is 11.1 Å². The molecule has 0 spiro atoms. The molecule has 122 valence electrons. The molecule has 24 heavy (non-hydrogen) atoms. The van der Waals surface area contributed by atoms with Gasteiger partial charge in [-0.2, -0.15) is 9.78 Å². The van der Waals surface area contributed by atoms with Gasteiger partial charge in [0.05, 0.1) is 35.0 Å². The van der Waals surface area contributed by atoms with Gasteiger partial charge in [-0.25, -0.2) is 14.5 Å². The molecule has 0 saturated carbocycles. The Morgan fingerprint density at radius 2 is 2.25 bits per heavy atom.